The summed E-state index contributed by atoms with van der Waals surface area (Å²) in [4.78, 5) is 7.20. The summed E-state index contributed by atoms with van der Waals surface area (Å²) in [5, 5.41) is 0. The highest BCUT2D eigenvalue weighted by atomic mass is 16.6. The second kappa shape index (κ2) is 7.60. The first kappa shape index (κ1) is 17.8. The fraction of sp³-hybridized carbons (Fsp3) is 0.208. The zero-order valence-electron chi connectivity index (χ0n) is 16.4. The van der Waals surface area contributed by atoms with Crippen molar-refractivity contribution in [2.45, 2.75) is 13.1 Å². The Kier molecular flexibility index (Phi) is 4.66. The Morgan fingerprint density at radius 2 is 1.69 bits per heavy atom. The molecular weight excluding hydrogens is 362 g/mol. The number of hydrogen-bond donors (Lipinski definition) is 0. The maximum atomic E-state index is 5.73. The van der Waals surface area contributed by atoms with Gasteiger partial charge in [-0.3, -0.25) is 4.90 Å². The highest BCUT2D eigenvalue weighted by Crippen LogP contribution is 2.31. The first-order chi connectivity index (χ1) is 14.3. The van der Waals surface area contributed by atoms with Crippen LogP contribution in [-0.2, 0) is 13.1 Å². The molecule has 5 nitrogen and oxygen atoms in total. The monoisotopic (exact) mass is 385 g/mol. The molecule has 1 aliphatic rings. The van der Waals surface area contributed by atoms with Crippen molar-refractivity contribution >= 4 is 5.65 Å². The van der Waals surface area contributed by atoms with E-state index in [-0.39, 0.29) is 0 Å². The summed E-state index contributed by atoms with van der Waals surface area (Å²) < 4.78 is 13.5. The van der Waals surface area contributed by atoms with Gasteiger partial charge in [0.25, 0.3) is 0 Å². The van der Waals surface area contributed by atoms with Crippen molar-refractivity contribution in [1.29, 1.82) is 0 Å². The van der Waals surface area contributed by atoms with E-state index in [0.29, 0.717) is 13.2 Å². The molecule has 0 radical (unpaired) electrons. The number of aromatic nitrogens is 2. The number of pyridine rings is 1. The summed E-state index contributed by atoms with van der Waals surface area (Å²) in [6.07, 6.45) is 2.09. The molecule has 0 fully saturated rings. The zero-order chi connectivity index (χ0) is 19.6. The lowest BCUT2D eigenvalue weighted by Gasteiger charge is -2.21. The molecule has 146 valence electrons. The number of nitrogens with zero attached hydrogens (tertiary/aromatic N) is 3. The third-order valence-electron chi connectivity index (χ3n) is 5.15. The Balaban J connectivity index is 1.44. The number of fused-ring (bicyclic) bond motifs is 2. The van der Waals surface area contributed by atoms with E-state index in [9.17, 15) is 0 Å². The van der Waals surface area contributed by atoms with Crippen LogP contribution in [0.4, 0.5) is 0 Å². The lowest BCUT2D eigenvalue weighted by molar-refractivity contribution is 0.171. The summed E-state index contributed by atoms with van der Waals surface area (Å²) >= 11 is 0. The highest BCUT2D eigenvalue weighted by molar-refractivity contribution is 5.66. The largest absolute Gasteiger partial charge is 0.486 e. The third kappa shape index (κ3) is 3.57. The Morgan fingerprint density at radius 1 is 0.897 bits per heavy atom. The van der Waals surface area contributed by atoms with E-state index in [4.69, 9.17) is 14.5 Å². The van der Waals surface area contributed by atoms with Crippen molar-refractivity contribution in [3.63, 3.8) is 0 Å². The van der Waals surface area contributed by atoms with Gasteiger partial charge in [-0.1, -0.05) is 42.5 Å². The van der Waals surface area contributed by atoms with Crippen molar-refractivity contribution in [2.75, 3.05) is 20.3 Å². The lowest BCUT2D eigenvalue weighted by atomic mass is 10.1. The van der Waals surface area contributed by atoms with Gasteiger partial charge in [0.05, 0.1) is 11.4 Å². The van der Waals surface area contributed by atoms with E-state index >= 15 is 0 Å². The summed E-state index contributed by atoms with van der Waals surface area (Å²) in [6, 6.07) is 22.7. The molecule has 5 rings (SSSR count). The van der Waals surface area contributed by atoms with Gasteiger partial charge in [0, 0.05) is 24.8 Å². The summed E-state index contributed by atoms with van der Waals surface area (Å²) in [5.74, 6) is 1.66. The molecule has 5 heteroatoms. The van der Waals surface area contributed by atoms with Crippen molar-refractivity contribution in [3.8, 4) is 22.8 Å². The molecule has 0 unspecified atom stereocenters. The van der Waals surface area contributed by atoms with Gasteiger partial charge in [0.15, 0.2) is 11.5 Å². The molecule has 0 amide bonds. The second-order valence-electron chi connectivity index (χ2n) is 7.35. The van der Waals surface area contributed by atoms with Crippen LogP contribution >= 0.6 is 0 Å². The van der Waals surface area contributed by atoms with Crippen LogP contribution in [0, 0.1) is 0 Å². The van der Waals surface area contributed by atoms with E-state index in [2.05, 4.69) is 65.0 Å². The van der Waals surface area contributed by atoms with Crippen LogP contribution in [0.25, 0.3) is 16.9 Å². The van der Waals surface area contributed by atoms with Gasteiger partial charge in [-0.15, -0.1) is 0 Å². The number of rotatable bonds is 5. The van der Waals surface area contributed by atoms with E-state index in [1.54, 1.807) is 0 Å². The third-order valence-corrected chi connectivity index (χ3v) is 5.15. The molecule has 0 bridgehead atoms. The molecule has 3 heterocycles. The lowest BCUT2D eigenvalue weighted by Crippen LogP contribution is -2.19. The van der Waals surface area contributed by atoms with E-state index in [1.807, 2.05) is 24.3 Å². The smallest absolute Gasteiger partial charge is 0.161 e. The molecule has 0 saturated carbocycles. The fourth-order valence-corrected chi connectivity index (χ4v) is 3.83. The number of hydrogen-bond acceptors (Lipinski definition) is 4. The molecule has 0 spiro atoms. The quantitative estimate of drug-likeness (QED) is 0.510. The average molecular weight is 385 g/mol. The minimum atomic E-state index is 0.606. The molecule has 0 N–H and O–H groups in total. The number of imidazole rings is 1. The first-order valence-electron chi connectivity index (χ1n) is 9.86. The van der Waals surface area contributed by atoms with Crippen LogP contribution in [-0.4, -0.2) is 34.5 Å². The predicted octanol–water partition coefficient (Wildman–Crippen LogP) is 4.40. The van der Waals surface area contributed by atoms with Crippen LogP contribution in [0.3, 0.4) is 0 Å². The highest BCUT2D eigenvalue weighted by Gasteiger charge is 2.17. The van der Waals surface area contributed by atoms with Gasteiger partial charge < -0.3 is 13.9 Å². The molecule has 0 saturated heterocycles. The van der Waals surface area contributed by atoms with E-state index < -0.39 is 0 Å². The average Bonchev–Trinajstić information content (AvgIpc) is 3.12. The summed E-state index contributed by atoms with van der Waals surface area (Å²) in [7, 11) is 2.13. The van der Waals surface area contributed by atoms with E-state index in [0.717, 1.165) is 41.5 Å². The fourth-order valence-electron chi connectivity index (χ4n) is 3.83. The molecule has 0 atom stereocenters. The molecule has 29 heavy (non-hydrogen) atoms. The normalized spacial score (nSPS) is 13.2. The zero-order valence-corrected chi connectivity index (χ0v) is 16.4. The number of ether oxygens (including phenoxy) is 2. The Labute approximate surface area is 170 Å². The van der Waals surface area contributed by atoms with Gasteiger partial charge in [0.2, 0.25) is 0 Å². The molecular formula is C24H23N3O2. The van der Waals surface area contributed by atoms with Gasteiger partial charge >= 0.3 is 0 Å². The molecule has 2 aromatic carbocycles. The number of benzene rings is 2. The van der Waals surface area contributed by atoms with Gasteiger partial charge in [0.1, 0.15) is 18.9 Å². The van der Waals surface area contributed by atoms with Gasteiger partial charge in [-0.05, 0) is 36.9 Å². The topological polar surface area (TPSA) is 39.0 Å². The standard InChI is InChI=1S/C24H23N3O2/c1-26(16-18-10-11-21-22(15-18)29-14-13-28-21)17-20-24(19-7-3-2-4-8-19)25-23-9-5-6-12-27(20)23/h2-12,15H,13-14,16-17H2,1H3. The van der Waals surface area contributed by atoms with Crippen LogP contribution < -0.4 is 9.47 Å². The van der Waals surface area contributed by atoms with Crippen LogP contribution in [0.5, 0.6) is 11.5 Å². The maximum absolute atomic E-state index is 5.73. The van der Waals surface area contributed by atoms with Crippen LogP contribution in [0.15, 0.2) is 72.9 Å². The van der Waals surface area contributed by atoms with Crippen molar-refractivity contribution in [2.24, 2.45) is 0 Å². The second-order valence-corrected chi connectivity index (χ2v) is 7.35. The summed E-state index contributed by atoms with van der Waals surface area (Å²) in [6.45, 7) is 2.81. The minimum absolute atomic E-state index is 0.606. The van der Waals surface area contributed by atoms with Crippen molar-refractivity contribution in [1.82, 2.24) is 14.3 Å². The minimum Gasteiger partial charge on any atom is -0.486 e. The molecule has 4 aromatic rings. The molecule has 1 aliphatic heterocycles. The molecule has 0 aliphatic carbocycles. The van der Waals surface area contributed by atoms with Crippen molar-refractivity contribution < 1.29 is 9.47 Å². The van der Waals surface area contributed by atoms with Crippen LogP contribution in [0.1, 0.15) is 11.3 Å². The van der Waals surface area contributed by atoms with Gasteiger partial charge in [-0.2, -0.15) is 0 Å². The molecule has 2 aromatic heterocycles. The Hall–Kier alpha value is -3.31. The van der Waals surface area contributed by atoms with E-state index in [1.165, 1.54) is 11.3 Å². The van der Waals surface area contributed by atoms with Crippen LogP contribution in [0.2, 0.25) is 0 Å². The first-order valence-corrected chi connectivity index (χ1v) is 9.86. The maximum Gasteiger partial charge on any atom is 0.161 e. The van der Waals surface area contributed by atoms with Crippen molar-refractivity contribution in [3.05, 3.63) is 84.2 Å². The van der Waals surface area contributed by atoms with Gasteiger partial charge in [-0.25, -0.2) is 4.98 Å². The summed E-state index contributed by atoms with van der Waals surface area (Å²) in [5.41, 5.74) is 5.53. The Morgan fingerprint density at radius 3 is 2.55 bits per heavy atom. The Bertz CT molecular complexity index is 1140. The predicted molar refractivity (Wildman–Crippen MR) is 113 cm³/mol. The SMILES string of the molecule is CN(Cc1ccc2c(c1)OCCO2)Cc1c(-c2ccccc2)nc2ccccn12.